The van der Waals surface area contributed by atoms with Crippen LogP contribution in [0.25, 0.3) is 0 Å². The molecule has 6 heteroatoms. The van der Waals surface area contributed by atoms with Gasteiger partial charge in [0.25, 0.3) is 0 Å². The average molecular weight is 264 g/mol. The first kappa shape index (κ1) is 13.7. The summed E-state index contributed by atoms with van der Waals surface area (Å²) < 4.78 is 5.52. The van der Waals surface area contributed by atoms with Crippen molar-refractivity contribution in [1.29, 1.82) is 0 Å². The molecule has 0 bridgehead atoms. The molecule has 6 nitrogen and oxygen atoms in total. The standard InChI is InChI=1S/C13H20N4O2/c1-11-9-15-10-16-13(11)19-8-3-12(18)17-6-2-4-14-5-7-17/h9-10,14H,2-8H2,1H3. The summed E-state index contributed by atoms with van der Waals surface area (Å²) in [6.07, 6.45) is 4.55. The molecule has 2 heterocycles. The minimum absolute atomic E-state index is 0.149. The van der Waals surface area contributed by atoms with E-state index < -0.39 is 0 Å². The van der Waals surface area contributed by atoms with Crippen LogP contribution in [0.15, 0.2) is 12.5 Å². The summed E-state index contributed by atoms with van der Waals surface area (Å²) in [6, 6.07) is 0. The lowest BCUT2D eigenvalue weighted by molar-refractivity contribution is -0.131. The lowest BCUT2D eigenvalue weighted by atomic mass is 10.3. The number of aromatic nitrogens is 2. The van der Waals surface area contributed by atoms with Crippen LogP contribution >= 0.6 is 0 Å². The first-order chi connectivity index (χ1) is 9.27. The van der Waals surface area contributed by atoms with E-state index in [0.717, 1.165) is 38.2 Å². The molecule has 0 saturated carbocycles. The van der Waals surface area contributed by atoms with Gasteiger partial charge in [0.15, 0.2) is 0 Å². The molecule has 0 atom stereocenters. The fraction of sp³-hybridized carbons (Fsp3) is 0.615. The van der Waals surface area contributed by atoms with Gasteiger partial charge >= 0.3 is 0 Å². The Morgan fingerprint density at radius 1 is 1.47 bits per heavy atom. The molecule has 104 valence electrons. The van der Waals surface area contributed by atoms with Crippen molar-refractivity contribution in [3.63, 3.8) is 0 Å². The Labute approximate surface area is 113 Å². The fourth-order valence-electron chi connectivity index (χ4n) is 2.03. The molecule has 1 fully saturated rings. The van der Waals surface area contributed by atoms with Gasteiger partial charge in [-0.1, -0.05) is 0 Å². The van der Waals surface area contributed by atoms with Crippen LogP contribution in [0, 0.1) is 6.92 Å². The molecule has 1 N–H and O–H groups in total. The second-order valence-corrected chi connectivity index (χ2v) is 4.59. The number of carbonyl (C=O) groups excluding carboxylic acids is 1. The van der Waals surface area contributed by atoms with Gasteiger partial charge in [0.1, 0.15) is 6.33 Å². The lowest BCUT2D eigenvalue weighted by Gasteiger charge is -2.19. The Hall–Kier alpha value is -1.69. The maximum absolute atomic E-state index is 12.0. The third-order valence-corrected chi connectivity index (χ3v) is 3.09. The van der Waals surface area contributed by atoms with E-state index in [9.17, 15) is 4.79 Å². The zero-order valence-electron chi connectivity index (χ0n) is 11.3. The number of nitrogens with one attached hydrogen (secondary N) is 1. The highest BCUT2D eigenvalue weighted by atomic mass is 16.5. The Bertz CT molecular complexity index is 417. The summed E-state index contributed by atoms with van der Waals surface area (Å²) in [5.41, 5.74) is 0.883. The molecule has 0 aromatic carbocycles. The number of nitrogens with zero attached hydrogens (tertiary/aromatic N) is 3. The Morgan fingerprint density at radius 3 is 3.21 bits per heavy atom. The summed E-state index contributed by atoms with van der Waals surface area (Å²) in [5.74, 6) is 0.704. The van der Waals surface area contributed by atoms with Gasteiger partial charge < -0.3 is 15.0 Å². The highest BCUT2D eigenvalue weighted by Gasteiger charge is 2.15. The molecule has 2 rings (SSSR count). The zero-order valence-corrected chi connectivity index (χ0v) is 11.3. The molecular formula is C13H20N4O2. The minimum Gasteiger partial charge on any atom is -0.477 e. The molecule has 1 aromatic rings. The third kappa shape index (κ3) is 4.17. The lowest BCUT2D eigenvalue weighted by Crippen LogP contribution is -2.34. The summed E-state index contributed by atoms with van der Waals surface area (Å²) in [7, 11) is 0. The summed E-state index contributed by atoms with van der Waals surface area (Å²) in [4.78, 5) is 21.8. The van der Waals surface area contributed by atoms with Gasteiger partial charge in [-0.15, -0.1) is 0 Å². The second kappa shape index (κ2) is 7.04. The van der Waals surface area contributed by atoms with Crippen molar-refractivity contribution in [2.45, 2.75) is 19.8 Å². The second-order valence-electron chi connectivity index (χ2n) is 4.59. The number of ether oxygens (including phenoxy) is 1. The molecule has 0 radical (unpaired) electrons. The van der Waals surface area contributed by atoms with E-state index in [0.29, 0.717) is 18.9 Å². The fourth-order valence-corrected chi connectivity index (χ4v) is 2.03. The minimum atomic E-state index is 0.149. The van der Waals surface area contributed by atoms with Crippen molar-refractivity contribution in [2.24, 2.45) is 0 Å². The van der Waals surface area contributed by atoms with E-state index in [-0.39, 0.29) is 5.91 Å². The van der Waals surface area contributed by atoms with E-state index in [1.807, 2.05) is 11.8 Å². The number of amides is 1. The van der Waals surface area contributed by atoms with Gasteiger partial charge in [-0.2, -0.15) is 0 Å². The zero-order chi connectivity index (χ0) is 13.5. The number of rotatable bonds is 4. The van der Waals surface area contributed by atoms with Gasteiger partial charge in [-0.05, 0) is 19.9 Å². The first-order valence-corrected chi connectivity index (χ1v) is 6.65. The van der Waals surface area contributed by atoms with E-state index in [1.54, 1.807) is 6.20 Å². The number of hydrogen-bond acceptors (Lipinski definition) is 5. The molecule has 1 amide bonds. The van der Waals surface area contributed by atoms with E-state index in [2.05, 4.69) is 15.3 Å². The Balaban J connectivity index is 1.76. The SMILES string of the molecule is Cc1cncnc1OCCC(=O)N1CCCNCC1. The van der Waals surface area contributed by atoms with Gasteiger partial charge in [0, 0.05) is 31.4 Å². The van der Waals surface area contributed by atoms with Crippen LogP contribution < -0.4 is 10.1 Å². The van der Waals surface area contributed by atoms with Gasteiger partial charge in [0.2, 0.25) is 11.8 Å². The summed E-state index contributed by atoms with van der Waals surface area (Å²) in [6.45, 7) is 5.72. The smallest absolute Gasteiger partial charge is 0.226 e. The number of carbonyl (C=O) groups is 1. The van der Waals surface area contributed by atoms with Crippen molar-refractivity contribution in [3.8, 4) is 5.88 Å². The largest absolute Gasteiger partial charge is 0.477 e. The van der Waals surface area contributed by atoms with Crippen LogP contribution in [0.1, 0.15) is 18.4 Å². The first-order valence-electron chi connectivity index (χ1n) is 6.65. The van der Waals surface area contributed by atoms with Crippen LogP contribution in [0.2, 0.25) is 0 Å². The highest BCUT2D eigenvalue weighted by Crippen LogP contribution is 2.11. The third-order valence-electron chi connectivity index (χ3n) is 3.09. The van der Waals surface area contributed by atoms with E-state index in [4.69, 9.17) is 4.74 Å². The van der Waals surface area contributed by atoms with Crippen LogP contribution in [0.4, 0.5) is 0 Å². The predicted molar refractivity (Wildman–Crippen MR) is 70.9 cm³/mol. The molecule has 1 aromatic heterocycles. The van der Waals surface area contributed by atoms with Crippen LogP contribution in [-0.4, -0.2) is 53.6 Å². The maximum atomic E-state index is 12.0. The molecule has 1 aliphatic rings. The monoisotopic (exact) mass is 264 g/mol. The van der Waals surface area contributed by atoms with E-state index >= 15 is 0 Å². The van der Waals surface area contributed by atoms with Crippen molar-refractivity contribution < 1.29 is 9.53 Å². The molecule has 1 aliphatic heterocycles. The van der Waals surface area contributed by atoms with Crippen molar-refractivity contribution in [3.05, 3.63) is 18.1 Å². The van der Waals surface area contributed by atoms with Gasteiger partial charge in [0.05, 0.1) is 13.0 Å². The summed E-state index contributed by atoms with van der Waals surface area (Å²) >= 11 is 0. The van der Waals surface area contributed by atoms with Gasteiger partial charge in [-0.3, -0.25) is 4.79 Å². The topological polar surface area (TPSA) is 67.4 Å². The summed E-state index contributed by atoms with van der Waals surface area (Å²) in [5, 5.41) is 3.28. The number of aryl methyl sites for hydroxylation is 1. The predicted octanol–water partition coefficient (Wildman–Crippen LogP) is 0.376. The maximum Gasteiger partial charge on any atom is 0.226 e. The van der Waals surface area contributed by atoms with Crippen LogP contribution in [0.3, 0.4) is 0 Å². The molecule has 0 aliphatic carbocycles. The molecule has 1 saturated heterocycles. The van der Waals surface area contributed by atoms with Crippen molar-refractivity contribution in [1.82, 2.24) is 20.2 Å². The molecule has 0 unspecified atom stereocenters. The molecular weight excluding hydrogens is 244 g/mol. The highest BCUT2D eigenvalue weighted by molar-refractivity contribution is 5.76. The average Bonchev–Trinajstić information content (AvgIpc) is 2.70. The normalized spacial score (nSPS) is 15.9. The van der Waals surface area contributed by atoms with Gasteiger partial charge in [-0.25, -0.2) is 9.97 Å². The van der Waals surface area contributed by atoms with Crippen LogP contribution in [-0.2, 0) is 4.79 Å². The van der Waals surface area contributed by atoms with E-state index in [1.165, 1.54) is 6.33 Å². The van der Waals surface area contributed by atoms with Crippen molar-refractivity contribution >= 4 is 5.91 Å². The Morgan fingerprint density at radius 2 is 2.37 bits per heavy atom. The Kier molecular flexibility index (Phi) is 5.09. The molecule has 0 spiro atoms. The number of hydrogen-bond donors (Lipinski definition) is 1. The van der Waals surface area contributed by atoms with Crippen LogP contribution in [0.5, 0.6) is 5.88 Å². The van der Waals surface area contributed by atoms with Crippen molar-refractivity contribution in [2.75, 3.05) is 32.8 Å². The quantitative estimate of drug-likeness (QED) is 0.851. The molecule has 19 heavy (non-hydrogen) atoms.